The molecule has 0 saturated heterocycles. The lowest BCUT2D eigenvalue weighted by Crippen LogP contribution is -2.01. The average molecular weight is 284 g/mol. The van der Waals surface area contributed by atoms with E-state index in [9.17, 15) is 9.18 Å². The van der Waals surface area contributed by atoms with E-state index in [1.54, 1.807) is 35.0 Å². The lowest BCUT2D eigenvalue weighted by atomic mass is 10.1. The third-order valence-corrected chi connectivity index (χ3v) is 3.36. The molecule has 21 heavy (non-hydrogen) atoms. The predicted molar refractivity (Wildman–Crippen MR) is 76.7 cm³/mol. The fourth-order valence-corrected chi connectivity index (χ4v) is 2.23. The van der Waals surface area contributed by atoms with Crippen LogP contribution in [0.2, 0.25) is 0 Å². The Kier molecular flexibility index (Phi) is 3.17. The second-order valence-electron chi connectivity index (χ2n) is 4.76. The number of aryl methyl sites for hydroxylation is 1. The van der Waals surface area contributed by atoms with Gasteiger partial charge in [0.25, 0.3) is 0 Å². The first-order valence-electron chi connectivity index (χ1n) is 6.42. The molecule has 5 heteroatoms. The molecule has 2 heterocycles. The van der Waals surface area contributed by atoms with Gasteiger partial charge in [0, 0.05) is 18.0 Å². The van der Waals surface area contributed by atoms with Gasteiger partial charge >= 0.3 is 5.97 Å². The first kappa shape index (κ1) is 13.3. The predicted octanol–water partition coefficient (Wildman–Crippen LogP) is 3.24. The van der Waals surface area contributed by atoms with E-state index in [1.807, 2.05) is 6.92 Å². The smallest absolute Gasteiger partial charge is 0.338 e. The van der Waals surface area contributed by atoms with Crippen molar-refractivity contribution in [3.63, 3.8) is 0 Å². The van der Waals surface area contributed by atoms with Crippen LogP contribution in [-0.2, 0) is 4.74 Å². The standard InChI is InChI=1S/C16H13FN2O2/c1-10-3-4-12(17)8-13(10)14-9-19-6-5-11(16(20)21-2)7-15(19)18-14/h3-9H,1-2H3. The van der Waals surface area contributed by atoms with Crippen molar-refractivity contribution in [1.82, 2.24) is 9.38 Å². The molecule has 0 radical (unpaired) electrons. The number of imidazole rings is 1. The van der Waals surface area contributed by atoms with Crippen LogP contribution in [0.15, 0.2) is 42.7 Å². The monoisotopic (exact) mass is 284 g/mol. The summed E-state index contributed by atoms with van der Waals surface area (Å²) in [5.74, 6) is -0.716. The van der Waals surface area contributed by atoms with Gasteiger partial charge in [0.15, 0.2) is 0 Å². The van der Waals surface area contributed by atoms with Crippen LogP contribution >= 0.6 is 0 Å². The molecule has 0 atom stereocenters. The molecule has 0 unspecified atom stereocenters. The molecule has 2 aromatic heterocycles. The third-order valence-electron chi connectivity index (χ3n) is 3.36. The van der Waals surface area contributed by atoms with E-state index in [0.29, 0.717) is 16.9 Å². The third kappa shape index (κ3) is 2.38. The van der Waals surface area contributed by atoms with Crippen molar-refractivity contribution in [1.29, 1.82) is 0 Å². The average Bonchev–Trinajstić information content (AvgIpc) is 2.91. The molecular weight excluding hydrogens is 271 g/mol. The molecule has 4 nitrogen and oxygen atoms in total. The molecule has 3 rings (SSSR count). The number of pyridine rings is 1. The van der Waals surface area contributed by atoms with Crippen molar-refractivity contribution in [3.05, 3.63) is 59.7 Å². The summed E-state index contributed by atoms with van der Waals surface area (Å²) < 4.78 is 19.9. The number of fused-ring (bicyclic) bond motifs is 1. The Morgan fingerprint density at radius 3 is 2.86 bits per heavy atom. The largest absolute Gasteiger partial charge is 0.465 e. The van der Waals surface area contributed by atoms with Crippen molar-refractivity contribution in [3.8, 4) is 11.3 Å². The lowest BCUT2D eigenvalue weighted by molar-refractivity contribution is 0.0600. The number of hydrogen-bond acceptors (Lipinski definition) is 3. The molecular formula is C16H13FN2O2. The minimum Gasteiger partial charge on any atom is -0.465 e. The summed E-state index contributed by atoms with van der Waals surface area (Å²) in [7, 11) is 1.33. The molecule has 0 aliphatic rings. The fraction of sp³-hybridized carbons (Fsp3) is 0.125. The number of carbonyl (C=O) groups excluding carboxylic acids is 1. The molecule has 0 amide bonds. The number of ether oxygens (including phenoxy) is 1. The quantitative estimate of drug-likeness (QED) is 0.679. The van der Waals surface area contributed by atoms with Gasteiger partial charge in [0.05, 0.1) is 18.4 Å². The van der Waals surface area contributed by atoms with Crippen molar-refractivity contribution in [2.24, 2.45) is 0 Å². The Morgan fingerprint density at radius 2 is 2.10 bits per heavy atom. The number of nitrogens with zero attached hydrogens (tertiary/aromatic N) is 2. The van der Waals surface area contributed by atoms with E-state index >= 15 is 0 Å². The maximum atomic E-state index is 13.4. The van der Waals surface area contributed by atoms with Crippen LogP contribution in [0.4, 0.5) is 4.39 Å². The van der Waals surface area contributed by atoms with E-state index in [4.69, 9.17) is 0 Å². The van der Waals surface area contributed by atoms with Gasteiger partial charge in [-0.2, -0.15) is 0 Å². The Morgan fingerprint density at radius 1 is 1.29 bits per heavy atom. The number of benzene rings is 1. The lowest BCUT2D eigenvalue weighted by Gasteiger charge is -2.01. The molecule has 0 N–H and O–H groups in total. The molecule has 0 aliphatic heterocycles. The van der Waals surface area contributed by atoms with Crippen molar-refractivity contribution in [2.75, 3.05) is 7.11 Å². The Bertz CT molecular complexity index is 839. The van der Waals surface area contributed by atoms with Crippen LogP contribution in [0.25, 0.3) is 16.9 Å². The van der Waals surface area contributed by atoms with Crippen LogP contribution in [0, 0.1) is 12.7 Å². The zero-order valence-corrected chi connectivity index (χ0v) is 11.6. The number of esters is 1. The van der Waals surface area contributed by atoms with Gasteiger partial charge in [0.1, 0.15) is 11.5 Å². The summed E-state index contributed by atoms with van der Waals surface area (Å²) in [6, 6.07) is 7.89. The summed E-state index contributed by atoms with van der Waals surface area (Å²) in [6.45, 7) is 1.90. The minimum absolute atomic E-state index is 0.303. The Labute approximate surface area is 120 Å². The SMILES string of the molecule is COC(=O)c1ccn2cc(-c3cc(F)ccc3C)nc2c1. The van der Waals surface area contributed by atoms with E-state index < -0.39 is 5.97 Å². The van der Waals surface area contributed by atoms with E-state index in [-0.39, 0.29) is 5.82 Å². The zero-order valence-electron chi connectivity index (χ0n) is 11.6. The first-order valence-corrected chi connectivity index (χ1v) is 6.42. The van der Waals surface area contributed by atoms with Crippen molar-refractivity contribution in [2.45, 2.75) is 6.92 Å². The number of halogens is 1. The highest BCUT2D eigenvalue weighted by atomic mass is 19.1. The Hall–Kier alpha value is -2.69. The minimum atomic E-state index is -0.413. The van der Waals surface area contributed by atoms with Gasteiger partial charge in [-0.25, -0.2) is 14.2 Å². The van der Waals surface area contributed by atoms with Gasteiger partial charge in [0.2, 0.25) is 0 Å². The van der Waals surface area contributed by atoms with Gasteiger partial charge in [-0.3, -0.25) is 0 Å². The topological polar surface area (TPSA) is 43.6 Å². The number of hydrogen-bond donors (Lipinski definition) is 0. The normalized spacial score (nSPS) is 10.8. The summed E-state index contributed by atoms with van der Waals surface area (Å²) in [6.07, 6.45) is 3.53. The highest BCUT2D eigenvalue weighted by Gasteiger charge is 2.11. The van der Waals surface area contributed by atoms with Crippen molar-refractivity contribution < 1.29 is 13.9 Å². The summed E-state index contributed by atoms with van der Waals surface area (Å²) >= 11 is 0. The number of carbonyl (C=O) groups is 1. The maximum Gasteiger partial charge on any atom is 0.338 e. The molecule has 0 fully saturated rings. The number of aromatic nitrogens is 2. The first-order chi connectivity index (χ1) is 10.1. The van der Waals surface area contributed by atoms with Crippen LogP contribution < -0.4 is 0 Å². The molecule has 0 bridgehead atoms. The van der Waals surface area contributed by atoms with Crippen LogP contribution in [0.3, 0.4) is 0 Å². The highest BCUT2D eigenvalue weighted by Crippen LogP contribution is 2.24. The molecule has 0 saturated carbocycles. The van der Waals surface area contributed by atoms with Gasteiger partial charge in [-0.05, 0) is 36.8 Å². The van der Waals surface area contributed by atoms with Crippen LogP contribution in [-0.4, -0.2) is 22.5 Å². The van der Waals surface area contributed by atoms with E-state index in [2.05, 4.69) is 9.72 Å². The van der Waals surface area contributed by atoms with Crippen LogP contribution in [0.1, 0.15) is 15.9 Å². The van der Waals surface area contributed by atoms with E-state index in [0.717, 1.165) is 11.1 Å². The van der Waals surface area contributed by atoms with Gasteiger partial charge in [-0.1, -0.05) is 6.07 Å². The molecule has 0 aliphatic carbocycles. The van der Waals surface area contributed by atoms with Crippen LogP contribution in [0.5, 0.6) is 0 Å². The van der Waals surface area contributed by atoms with E-state index in [1.165, 1.54) is 19.2 Å². The van der Waals surface area contributed by atoms with Gasteiger partial charge in [-0.15, -0.1) is 0 Å². The second kappa shape index (κ2) is 5.01. The Balaban J connectivity index is 2.13. The molecule has 106 valence electrons. The number of methoxy groups -OCH3 is 1. The highest BCUT2D eigenvalue weighted by molar-refractivity contribution is 5.90. The zero-order chi connectivity index (χ0) is 15.0. The second-order valence-corrected chi connectivity index (χ2v) is 4.76. The summed E-state index contributed by atoms with van der Waals surface area (Å²) in [5.41, 5.74) is 3.37. The maximum absolute atomic E-state index is 13.4. The summed E-state index contributed by atoms with van der Waals surface area (Å²) in [4.78, 5) is 16.0. The number of rotatable bonds is 2. The molecule has 0 spiro atoms. The molecule has 1 aromatic carbocycles. The van der Waals surface area contributed by atoms with Crippen molar-refractivity contribution >= 4 is 11.6 Å². The molecule has 3 aromatic rings. The fourth-order valence-electron chi connectivity index (χ4n) is 2.23. The summed E-state index contributed by atoms with van der Waals surface area (Å²) in [5, 5.41) is 0. The van der Waals surface area contributed by atoms with Gasteiger partial charge < -0.3 is 9.14 Å².